The van der Waals surface area contributed by atoms with Crippen molar-refractivity contribution >= 4 is 11.9 Å². The van der Waals surface area contributed by atoms with E-state index >= 15 is 0 Å². The van der Waals surface area contributed by atoms with Crippen LogP contribution in [-0.4, -0.2) is 28.2 Å². The van der Waals surface area contributed by atoms with Crippen LogP contribution in [0.3, 0.4) is 0 Å². The number of hydrogen-bond acceptors (Lipinski definition) is 6. The van der Waals surface area contributed by atoms with Crippen molar-refractivity contribution in [1.82, 2.24) is 4.57 Å². The molecule has 0 radical (unpaired) electrons. The first-order valence-electron chi connectivity index (χ1n) is 11.4. The van der Waals surface area contributed by atoms with Crippen LogP contribution in [0, 0.1) is 13.8 Å². The Kier molecular flexibility index (Phi) is 7.34. The van der Waals surface area contributed by atoms with Crippen LogP contribution in [0.15, 0.2) is 79.4 Å². The number of carbonyl (C=O) groups is 2. The number of aromatic hydroxyl groups is 1. The number of aryl methyl sites for hydroxylation is 1. The van der Waals surface area contributed by atoms with E-state index in [4.69, 9.17) is 14.2 Å². The molecular formula is C28H27N2O6+. The summed E-state index contributed by atoms with van der Waals surface area (Å²) in [6.45, 7) is 4.79. The maximum Gasteiger partial charge on any atom is 0.343 e. The molecule has 1 N–H and O–H groups in total. The molecule has 0 aliphatic heterocycles. The van der Waals surface area contributed by atoms with Gasteiger partial charge in [-0.1, -0.05) is 0 Å². The highest BCUT2D eigenvalue weighted by atomic mass is 16.5. The molecule has 0 saturated carbocycles. The van der Waals surface area contributed by atoms with Gasteiger partial charge in [-0.25, -0.2) is 18.7 Å². The maximum absolute atomic E-state index is 12.7. The minimum absolute atomic E-state index is 0.0640. The number of rotatable bonds is 8. The van der Waals surface area contributed by atoms with Gasteiger partial charge < -0.3 is 19.3 Å². The fraction of sp³-hybridized carbons (Fsp3) is 0.179. The van der Waals surface area contributed by atoms with E-state index < -0.39 is 11.9 Å². The molecule has 1 heterocycles. The van der Waals surface area contributed by atoms with Crippen LogP contribution in [0.5, 0.6) is 23.0 Å². The Bertz CT molecular complexity index is 1370. The Morgan fingerprint density at radius 3 is 1.86 bits per heavy atom. The Morgan fingerprint density at radius 1 is 0.833 bits per heavy atom. The Morgan fingerprint density at radius 2 is 1.36 bits per heavy atom. The predicted octanol–water partition coefficient (Wildman–Crippen LogP) is 4.15. The molecular weight excluding hydrogens is 460 g/mol. The second-order valence-electron chi connectivity index (χ2n) is 8.33. The third kappa shape index (κ3) is 5.90. The van der Waals surface area contributed by atoms with Crippen LogP contribution < -0.4 is 18.8 Å². The van der Waals surface area contributed by atoms with Crippen LogP contribution in [0.2, 0.25) is 0 Å². The molecule has 0 saturated heterocycles. The zero-order valence-corrected chi connectivity index (χ0v) is 20.3. The van der Waals surface area contributed by atoms with Gasteiger partial charge in [0.25, 0.3) is 0 Å². The number of imidazole rings is 1. The zero-order chi connectivity index (χ0) is 25.7. The van der Waals surface area contributed by atoms with Crippen molar-refractivity contribution in [1.29, 1.82) is 0 Å². The van der Waals surface area contributed by atoms with E-state index in [1.54, 1.807) is 50.2 Å². The van der Waals surface area contributed by atoms with Crippen LogP contribution in [0.1, 0.15) is 31.8 Å². The first-order valence-corrected chi connectivity index (χ1v) is 11.4. The summed E-state index contributed by atoms with van der Waals surface area (Å²) in [5.41, 5.74) is 2.05. The number of hydrogen-bond donors (Lipinski definition) is 1. The molecule has 0 spiro atoms. The summed E-state index contributed by atoms with van der Waals surface area (Å²) >= 11 is 0. The van der Waals surface area contributed by atoms with Gasteiger partial charge in [0.15, 0.2) is 0 Å². The van der Waals surface area contributed by atoms with Crippen molar-refractivity contribution in [2.24, 2.45) is 7.05 Å². The average Bonchev–Trinajstić information content (AvgIpc) is 3.29. The van der Waals surface area contributed by atoms with E-state index in [0.717, 1.165) is 0 Å². The van der Waals surface area contributed by atoms with Gasteiger partial charge in [-0.05, 0) is 85.6 Å². The highest BCUT2D eigenvalue weighted by molar-refractivity contribution is 5.92. The third-order valence-electron chi connectivity index (χ3n) is 5.73. The molecule has 0 aliphatic rings. The molecule has 1 aromatic heterocycles. The molecule has 0 unspecified atom stereocenters. The van der Waals surface area contributed by atoms with E-state index in [1.807, 2.05) is 34.9 Å². The standard InChI is InChI=1S/C28H26N2O6/c1-19-20(2)26(13-12-25(19)35-27(32)21-4-8-23(31)9-5-21)36-28(33)22-6-10-24(11-7-22)34-17-16-30-15-14-29(3)18-30/h4-15,18H,16-17H2,1-3H3/p+1. The molecule has 0 aliphatic carbocycles. The summed E-state index contributed by atoms with van der Waals surface area (Å²) in [4.78, 5) is 25.1. The summed E-state index contributed by atoms with van der Waals surface area (Å²) in [6.07, 6.45) is 5.90. The van der Waals surface area contributed by atoms with Crippen molar-refractivity contribution in [3.63, 3.8) is 0 Å². The molecule has 3 aromatic carbocycles. The van der Waals surface area contributed by atoms with Gasteiger partial charge in [0.2, 0.25) is 6.33 Å². The van der Waals surface area contributed by atoms with Crippen molar-refractivity contribution in [2.45, 2.75) is 20.4 Å². The van der Waals surface area contributed by atoms with E-state index in [9.17, 15) is 14.7 Å². The molecule has 4 aromatic rings. The van der Waals surface area contributed by atoms with E-state index in [1.165, 1.54) is 24.3 Å². The van der Waals surface area contributed by atoms with Gasteiger partial charge in [0, 0.05) is 0 Å². The highest BCUT2D eigenvalue weighted by Crippen LogP contribution is 2.30. The summed E-state index contributed by atoms with van der Waals surface area (Å²) < 4.78 is 20.8. The topological polar surface area (TPSA) is 90.9 Å². The molecule has 0 atom stereocenters. The van der Waals surface area contributed by atoms with Crippen molar-refractivity contribution in [3.8, 4) is 23.0 Å². The quantitative estimate of drug-likeness (QED) is 0.228. The largest absolute Gasteiger partial charge is 0.508 e. The smallest absolute Gasteiger partial charge is 0.343 e. The molecule has 184 valence electrons. The number of aromatic nitrogens is 2. The molecule has 0 bridgehead atoms. The van der Waals surface area contributed by atoms with Gasteiger partial charge in [-0.2, -0.15) is 0 Å². The second-order valence-corrected chi connectivity index (χ2v) is 8.33. The monoisotopic (exact) mass is 487 g/mol. The lowest BCUT2D eigenvalue weighted by atomic mass is 10.1. The molecule has 36 heavy (non-hydrogen) atoms. The van der Waals surface area contributed by atoms with Gasteiger partial charge >= 0.3 is 11.9 Å². The van der Waals surface area contributed by atoms with Crippen molar-refractivity contribution < 1.29 is 33.5 Å². The number of esters is 2. The normalized spacial score (nSPS) is 10.6. The van der Waals surface area contributed by atoms with Gasteiger partial charge in [0.1, 0.15) is 48.5 Å². The predicted molar refractivity (Wildman–Crippen MR) is 131 cm³/mol. The van der Waals surface area contributed by atoms with Crippen LogP contribution >= 0.6 is 0 Å². The molecule has 0 amide bonds. The highest BCUT2D eigenvalue weighted by Gasteiger charge is 2.16. The van der Waals surface area contributed by atoms with Crippen molar-refractivity contribution in [3.05, 3.63) is 102 Å². The Hall–Kier alpha value is -4.59. The van der Waals surface area contributed by atoms with Crippen LogP contribution in [0.4, 0.5) is 0 Å². The Balaban J connectivity index is 1.35. The second kappa shape index (κ2) is 10.8. The summed E-state index contributed by atoms with van der Waals surface area (Å²) in [5.74, 6) is 0.413. The van der Waals surface area contributed by atoms with Crippen molar-refractivity contribution in [2.75, 3.05) is 6.61 Å². The minimum atomic E-state index is -0.549. The van der Waals surface area contributed by atoms with Gasteiger partial charge in [0.05, 0.1) is 18.2 Å². The minimum Gasteiger partial charge on any atom is -0.508 e. The van der Waals surface area contributed by atoms with E-state index in [-0.39, 0.29) is 5.75 Å². The lowest BCUT2D eigenvalue weighted by molar-refractivity contribution is -0.671. The first kappa shape index (κ1) is 24.5. The van der Waals surface area contributed by atoms with Crippen LogP contribution in [-0.2, 0) is 13.6 Å². The number of phenolic OH excluding ortho intramolecular Hbond substituents is 1. The van der Waals surface area contributed by atoms with E-state index in [2.05, 4.69) is 0 Å². The molecule has 0 fully saturated rings. The Labute approximate surface area is 208 Å². The number of ether oxygens (including phenoxy) is 3. The summed E-state index contributed by atoms with van der Waals surface area (Å²) in [5, 5.41) is 9.38. The SMILES string of the molecule is Cc1c(OC(=O)c2ccc(O)cc2)ccc(OC(=O)c2ccc(OCCn3cc[n+](C)c3)cc2)c1C. The average molecular weight is 488 g/mol. The van der Waals surface area contributed by atoms with Gasteiger partial charge in [-0.15, -0.1) is 0 Å². The lowest BCUT2D eigenvalue weighted by Crippen LogP contribution is -2.24. The lowest BCUT2D eigenvalue weighted by Gasteiger charge is -2.14. The fourth-order valence-corrected chi connectivity index (χ4v) is 3.50. The third-order valence-corrected chi connectivity index (χ3v) is 5.73. The fourth-order valence-electron chi connectivity index (χ4n) is 3.50. The zero-order valence-electron chi connectivity index (χ0n) is 20.3. The maximum atomic E-state index is 12.7. The molecule has 8 heteroatoms. The summed E-state index contributed by atoms with van der Waals surface area (Å²) in [6, 6.07) is 15.8. The number of benzene rings is 3. The number of nitrogens with zero attached hydrogens (tertiary/aromatic N) is 2. The molecule has 4 rings (SSSR count). The number of phenols is 1. The molecule has 8 nitrogen and oxygen atoms in total. The first-order chi connectivity index (χ1) is 17.3. The van der Waals surface area contributed by atoms with E-state index in [0.29, 0.717) is 52.7 Å². The van der Waals surface area contributed by atoms with Gasteiger partial charge in [-0.3, -0.25) is 0 Å². The number of carbonyl (C=O) groups excluding carboxylic acids is 2. The van der Waals surface area contributed by atoms with Crippen LogP contribution in [0.25, 0.3) is 0 Å². The summed E-state index contributed by atoms with van der Waals surface area (Å²) in [7, 11) is 1.96.